The van der Waals surface area contributed by atoms with Crippen molar-refractivity contribution in [1.82, 2.24) is 9.80 Å². The molecule has 18 heavy (non-hydrogen) atoms. The SMILES string of the molecule is CN1CCN(C(=O)/C=C/c2cccc(Br)c2)CC1. The van der Waals surface area contributed by atoms with E-state index in [1.807, 2.05) is 35.2 Å². The van der Waals surface area contributed by atoms with E-state index in [9.17, 15) is 4.79 Å². The summed E-state index contributed by atoms with van der Waals surface area (Å²) < 4.78 is 1.02. The fourth-order valence-electron chi connectivity index (χ4n) is 1.91. The third-order valence-corrected chi connectivity index (χ3v) is 3.58. The molecule has 1 amide bonds. The molecule has 96 valence electrons. The lowest BCUT2D eigenvalue weighted by Crippen LogP contribution is -2.46. The predicted octanol–water partition coefficient (Wildman–Crippen LogP) is 2.24. The van der Waals surface area contributed by atoms with Crippen LogP contribution in [0.4, 0.5) is 0 Å². The van der Waals surface area contributed by atoms with Gasteiger partial charge in [0.1, 0.15) is 0 Å². The highest BCUT2D eigenvalue weighted by Gasteiger charge is 2.16. The van der Waals surface area contributed by atoms with E-state index in [0.717, 1.165) is 36.2 Å². The van der Waals surface area contributed by atoms with Gasteiger partial charge in [-0.15, -0.1) is 0 Å². The van der Waals surface area contributed by atoms with Crippen molar-refractivity contribution in [3.63, 3.8) is 0 Å². The average molecular weight is 309 g/mol. The standard InChI is InChI=1S/C14H17BrN2O/c1-16-7-9-17(10-8-16)14(18)6-5-12-3-2-4-13(15)11-12/h2-6,11H,7-10H2,1H3/b6-5+. The Morgan fingerprint density at radius 3 is 2.67 bits per heavy atom. The number of benzene rings is 1. The Labute approximate surface area is 116 Å². The number of rotatable bonds is 2. The van der Waals surface area contributed by atoms with Crippen LogP contribution in [-0.4, -0.2) is 48.9 Å². The maximum Gasteiger partial charge on any atom is 0.246 e. The Morgan fingerprint density at radius 2 is 2.00 bits per heavy atom. The molecule has 1 heterocycles. The average Bonchev–Trinajstić information content (AvgIpc) is 2.37. The van der Waals surface area contributed by atoms with Crippen molar-refractivity contribution in [2.75, 3.05) is 33.2 Å². The lowest BCUT2D eigenvalue weighted by Gasteiger charge is -2.31. The second-order valence-corrected chi connectivity index (χ2v) is 5.43. The maximum absolute atomic E-state index is 12.0. The van der Waals surface area contributed by atoms with Gasteiger partial charge >= 0.3 is 0 Å². The van der Waals surface area contributed by atoms with Crippen LogP contribution in [0.15, 0.2) is 34.8 Å². The zero-order valence-corrected chi connectivity index (χ0v) is 12.1. The van der Waals surface area contributed by atoms with Crippen molar-refractivity contribution in [3.05, 3.63) is 40.4 Å². The van der Waals surface area contributed by atoms with Crippen LogP contribution in [0, 0.1) is 0 Å². The largest absolute Gasteiger partial charge is 0.337 e. The molecule has 1 aromatic carbocycles. The molecule has 1 aliphatic rings. The molecule has 0 saturated carbocycles. The lowest BCUT2D eigenvalue weighted by atomic mass is 10.2. The Bertz CT molecular complexity index is 451. The summed E-state index contributed by atoms with van der Waals surface area (Å²) in [6.07, 6.45) is 3.53. The molecule has 3 nitrogen and oxygen atoms in total. The molecule has 4 heteroatoms. The monoisotopic (exact) mass is 308 g/mol. The zero-order chi connectivity index (χ0) is 13.0. The number of likely N-dealkylation sites (N-methyl/N-ethyl adjacent to an activating group) is 1. The normalized spacial score (nSPS) is 17.3. The number of amides is 1. The highest BCUT2D eigenvalue weighted by atomic mass is 79.9. The highest BCUT2D eigenvalue weighted by molar-refractivity contribution is 9.10. The van der Waals surface area contributed by atoms with Crippen LogP contribution in [0.1, 0.15) is 5.56 Å². The van der Waals surface area contributed by atoms with Gasteiger partial charge in [-0.2, -0.15) is 0 Å². The molecule has 1 fully saturated rings. The topological polar surface area (TPSA) is 23.6 Å². The first kappa shape index (κ1) is 13.3. The van der Waals surface area contributed by atoms with E-state index in [1.165, 1.54) is 0 Å². The first-order chi connectivity index (χ1) is 8.65. The molecule has 0 aromatic heterocycles. The second kappa shape index (κ2) is 6.16. The van der Waals surface area contributed by atoms with Crippen LogP contribution in [0.2, 0.25) is 0 Å². The molecule has 0 aliphatic carbocycles. The molecular formula is C14H17BrN2O. The molecule has 0 bridgehead atoms. The van der Waals surface area contributed by atoms with Crippen molar-refractivity contribution < 1.29 is 4.79 Å². The number of carbonyl (C=O) groups is 1. The van der Waals surface area contributed by atoms with E-state index in [2.05, 4.69) is 27.9 Å². The van der Waals surface area contributed by atoms with Crippen molar-refractivity contribution >= 4 is 27.9 Å². The van der Waals surface area contributed by atoms with Gasteiger partial charge in [-0.1, -0.05) is 28.1 Å². The summed E-state index contributed by atoms with van der Waals surface area (Å²) in [4.78, 5) is 16.1. The van der Waals surface area contributed by atoms with Gasteiger partial charge in [-0.25, -0.2) is 0 Å². The van der Waals surface area contributed by atoms with Gasteiger partial charge in [-0.3, -0.25) is 4.79 Å². The lowest BCUT2D eigenvalue weighted by molar-refractivity contribution is -0.127. The van der Waals surface area contributed by atoms with Gasteiger partial charge in [0.15, 0.2) is 0 Å². The Kier molecular flexibility index (Phi) is 4.55. The summed E-state index contributed by atoms with van der Waals surface area (Å²) in [7, 11) is 2.08. The Balaban J connectivity index is 1.94. The fraction of sp³-hybridized carbons (Fsp3) is 0.357. The van der Waals surface area contributed by atoms with Gasteiger partial charge < -0.3 is 9.80 Å². The minimum atomic E-state index is 0.100. The van der Waals surface area contributed by atoms with E-state index >= 15 is 0 Å². The van der Waals surface area contributed by atoms with Gasteiger partial charge in [0.05, 0.1) is 0 Å². The molecule has 1 saturated heterocycles. The number of hydrogen-bond donors (Lipinski definition) is 0. The third kappa shape index (κ3) is 3.68. The third-order valence-electron chi connectivity index (χ3n) is 3.08. The maximum atomic E-state index is 12.0. The van der Waals surface area contributed by atoms with Gasteiger partial charge in [0.25, 0.3) is 0 Å². The highest BCUT2D eigenvalue weighted by Crippen LogP contribution is 2.13. The molecule has 1 aliphatic heterocycles. The van der Waals surface area contributed by atoms with Crippen LogP contribution in [0.3, 0.4) is 0 Å². The molecule has 0 radical (unpaired) electrons. The van der Waals surface area contributed by atoms with Crippen molar-refractivity contribution in [2.24, 2.45) is 0 Å². The van der Waals surface area contributed by atoms with E-state index in [-0.39, 0.29) is 5.91 Å². The van der Waals surface area contributed by atoms with E-state index in [0.29, 0.717) is 0 Å². The molecule has 2 rings (SSSR count). The van der Waals surface area contributed by atoms with Crippen molar-refractivity contribution in [3.8, 4) is 0 Å². The fourth-order valence-corrected chi connectivity index (χ4v) is 2.33. The molecule has 0 atom stereocenters. The molecule has 0 N–H and O–H groups in total. The van der Waals surface area contributed by atoms with Crippen molar-refractivity contribution in [2.45, 2.75) is 0 Å². The van der Waals surface area contributed by atoms with Crippen LogP contribution in [0.5, 0.6) is 0 Å². The number of piperazine rings is 1. The summed E-state index contributed by atoms with van der Waals surface area (Å²) in [5, 5.41) is 0. The Hall–Kier alpha value is -1.13. The zero-order valence-electron chi connectivity index (χ0n) is 10.5. The predicted molar refractivity (Wildman–Crippen MR) is 77.3 cm³/mol. The van der Waals surface area contributed by atoms with Gasteiger partial charge in [-0.05, 0) is 30.8 Å². The second-order valence-electron chi connectivity index (χ2n) is 4.52. The minimum absolute atomic E-state index is 0.100. The Morgan fingerprint density at radius 1 is 1.28 bits per heavy atom. The summed E-state index contributed by atoms with van der Waals surface area (Å²) in [6, 6.07) is 7.91. The summed E-state index contributed by atoms with van der Waals surface area (Å²) >= 11 is 3.42. The van der Waals surface area contributed by atoms with Crippen LogP contribution < -0.4 is 0 Å². The van der Waals surface area contributed by atoms with Gasteiger partial charge in [0.2, 0.25) is 5.91 Å². The molecule has 0 spiro atoms. The number of hydrogen-bond acceptors (Lipinski definition) is 2. The van der Waals surface area contributed by atoms with Crippen LogP contribution in [0.25, 0.3) is 6.08 Å². The molecular weight excluding hydrogens is 292 g/mol. The van der Waals surface area contributed by atoms with E-state index in [4.69, 9.17) is 0 Å². The van der Waals surface area contributed by atoms with E-state index in [1.54, 1.807) is 6.08 Å². The van der Waals surface area contributed by atoms with Crippen LogP contribution in [-0.2, 0) is 4.79 Å². The van der Waals surface area contributed by atoms with E-state index < -0.39 is 0 Å². The first-order valence-electron chi connectivity index (χ1n) is 6.06. The quantitative estimate of drug-likeness (QED) is 0.782. The van der Waals surface area contributed by atoms with Gasteiger partial charge in [0, 0.05) is 36.7 Å². The minimum Gasteiger partial charge on any atom is -0.337 e. The number of halogens is 1. The summed E-state index contributed by atoms with van der Waals surface area (Å²) in [5.74, 6) is 0.100. The van der Waals surface area contributed by atoms with Crippen molar-refractivity contribution in [1.29, 1.82) is 0 Å². The van der Waals surface area contributed by atoms with Crippen LogP contribution >= 0.6 is 15.9 Å². The molecule has 0 unspecified atom stereocenters. The number of carbonyl (C=O) groups excluding carboxylic acids is 1. The number of nitrogens with zero attached hydrogens (tertiary/aromatic N) is 2. The molecule has 1 aromatic rings. The summed E-state index contributed by atoms with van der Waals surface area (Å²) in [6.45, 7) is 3.54. The first-order valence-corrected chi connectivity index (χ1v) is 6.85. The smallest absolute Gasteiger partial charge is 0.246 e. The summed E-state index contributed by atoms with van der Waals surface area (Å²) in [5.41, 5.74) is 1.03.